The summed E-state index contributed by atoms with van der Waals surface area (Å²) in [5.41, 5.74) is 2.69. The van der Waals surface area contributed by atoms with Crippen LogP contribution in [-0.4, -0.2) is 41.7 Å². The van der Waals surface area contributed by atoms with Crippen LogP contribution in [0.3, 0.4) is 0 Å². The summed E-state index contributed by atoms with van der Waals surface area (Å²) in [6.45, 7) is 9.55. The summed E-state index contributed by atoms with van der Waals surface area (Å²) < 4.78 is 5.50. The highest BCUT2D eigenvalue weighted by molar-refractivity contribution is 5.27. The van der Waals surface area contributed by atoms with Gasteiger partial charge in [0, 0.05) is 26.1 Å². The van der Waals surface area contributed by atoms with Gasteiger partial charge in [-0.05, 0) is 30.0 Å². The molecule has 2 atom stereocenters. The fourth-order valence-electron chi connectivity index (χ4n) is 3.17. The monoisotopic (exact) mass is 328 g/mol. The predicted molar refractivity (Wildman–Crippen MR) is 95.2 cm³/mol. The normalized spacial score (nSPS) is 20.5. The summed E-state index contributed by atoms with van der Waals surface area (Å²) in [4.78, 5) is 6.91. The second-order valence-corrected chi connectivity index (χ2v) is 7.17. The van der Waals surface area contributed by atoms with E-state index < -0.39 is 0 Å². The first kappa shape index (κ1) is 17.1. The number of benzene rings is 1. The van der Waals surface area contributed by atoms with Gasteiger partial charge in [-0.2, -0.15) is 4.98 Å². The molecule has 0 bridgehead atoms. The lowest BCUT2D eigenvalue weighted by atomic mass is 9.94. The first-order valence-electron chi connectivity index (χ1n) is 8.88. The number of hydrogen-bond acceptors (Lipinski definition) is 5. The van der Waals surface area contributed by atoms with Gasteiger partial charge in [-0.15, -0.1) is 0 Å². The molecule has 1 fully saturated rings. The largest absolute Gasteiger partial charge is 0.339 e. The summed E-state index contributed by atoms with van der Waals surface area (Å²) in [7, 11) is 2.11. The SMILES string of the molecule is CC(C)c1ccc(C(C)Cc2nc(C3CNCCN3C)no2)cc1. The van der Waals surface area contributed by atoms with E-state index in [2.05, 4.69) is 72.4 Å². The van der Waals surface area contributed by atoms with Gasteiger partial charge in [0.05, 0.1) is 6.04 Å². The van der Waals surface area contributed by atoms with Crippen LogP contribution in [0.5, 0.6) is 0 Å². The van der Waals surface area contributed by atoms with Crippen LogP contribution in [0.1, 0.15) is 61.5 Å². The van der Waals surface area contributed by atoms with Crippen molar-refractivity contribution >= 4 is 0 Å². The van der Waals surface area contributed by atoms with Gasteiger partial charge in [0.25, 0.3) is 0 Å². The number of rotatable bonds is 5. The van der Waals surface area contributed by atoms with Crippen LogP contribution in [0.15, 0.2) is 28.8 Å². The molecule has 2 aromatic rings. The maximum atomic E-state index is 5.50. The van der Waals surface area contributed by atoms with E-state index in [0.717, 1.165) is 37.8 Å². The van der Waals surface area contributed by atoms with E-state index in [0.29, 0.717) is 11.8 Å². The van der Waals surface area contributed by atoms with E-state index in [-0.39, 0.29) is 6.04 Å². The summed E-state index contributed by atoms with van der Waals surface area (Å²) >= 11 is 0. The van der Waals surface area contributed by atoms with Crippen molar-refractivity contribution < 1.29 is 4.52 Å². The Balaban J connectivity index is 1.65. The van der Waals surface area contributed by atoms with E-state index in [1.165, 1.54) is 11.1 Å². The quantitative estimate of drug-likeness (QED) is 0.914. The third-order valence-corrected chi connectivity index (χ3v) is 4.95. The van der Waals surface area contributed by atoms with Crippen molar-refractivity contribution in [2.24, 2.45) is 0 Å². The summed E-state index contributed by atoms with van der Waals surface area (Å²) in [5, 5.41) is 7.60. The average molecular weight is 328 g/mol. The predicted octanol–water partition coefficient (Wildman–Crippen LogP) is 3.12. The van der Waals surface area contributed by atoms with Crippen molar-refractivity contribution in [2.45, 2.75) is 45.1 Å². The van der Waals surface area contributed by atoms with Gasteiger partial charge in [-0.3, -0.25) is 4.90 Å². The minimum absolute atomic E-state index is 0.205. The van der Waals surface area contributed by atoms with Crippen molar-refractivity contribution in [1.82, 2.24) is 20.4 Å². The number of nitrogens with one attached hydrogen (secondary N) is 1. The smallest absolute Gasteiger partial charge is 0.227 e. The molecular formula is C19H28N4O. The highest BCUT2D eigenvalue weighted by Crippen LogP contribution is 2.24. The first-order chi connectivity index (χ1) is 11.5. The highest BCUT2D eigenvalue weighted by Gasteiger charge is 2.25. The third-order valence-electron chi connectivity index (χ3n) is 4.95. The van der Waals surface area contributed by atoms with Crippen LogP contribution in [0, 0.1) is 0 Å². The molecule has 130 valence electrons. The van der Waals surface area contributed by atoms with Crippen molar-refractivity contribution in [3.8, 4) is 0 Å². The maximum Gasteiger partial charge on any atom is 0.227 e. The molecule has 0 amide bonds. The lowest BCUT2D eigenvalue weighted by Crippen LogP contribution is -2.44. The van der Waals surface area contributed by atoms with Crippen molar-refractivity contribution in [3.05, 3.63) is 47.1 Å². The standard InChI is InChI=1S/C19H28N4O/c1-13(2)15-5-7-16(8-6-15)14(3)11-18-21-19(22-24-18)17-12-20-9-10-23(17)4/h5-8,13-14,17,20H,9-12H2,1-4H3. The van der Waals surface area contributed by atoms with Crippen LogP contribution in [0.25, 0.3) is 0 Å². The van der Waals surface area contributed by atoms with Gasteiger partial charge in [-0.1, -0.05) is 50.2 Å². The van der Waals surface area contributed by atoms with E-state index in [1.54, 1.807) is 0 Å². The number of nitrogens with zero attached hydrogens (tertiary/aromatic N) is 3. The van der Waals surface area contributed by atoms with Crippen LogP contribution in [-0.2, 0) is 6.42 Å². The molecule has 1 aliphatic heterocycles. The fourth-order valence-corrected chi connectivity index (χ4v) is 3.17. The summed E-state index contributed by atoms with van der Waals surface area (Å²) in [6, 6.07) is 9.08. The van der Waals surface area contributed by atoms with Gasteiger partial charge < -0.3 is 9.84 Å². The van der Waals surface area contributed by atoms with Crippen LogP contribution >= 0.6 is 0 Å². The van der Waals surface area contributed by atoms with Crippen molar-refractivity contribution in [3.63, 3.8) is 0 Å². The van der Waals surface area contributed by atoms with E-state index in [1.807, 2.05) is 0 Å². The maximum absolute atomic E-state index is 5.50. The first-order valence-corrected chi connectivity index (χ1v) is 8.88. The van der Waals surface area contributed by atoms with Crippen molar-refractivity contribution in [1.29, 1.82) is 0 Å². The molecule has 3 rings (SSSR count). The topological polar surface area (TPSA) is 54.2 Å². The zero-order valence-electron chi connectivity index (χ0n) is 15.1. The number of likely N-dealkylation sites (N-methyl/N-ethyl adjacent to an activating group) is 1. The summed E-state index contributed by atoms with van der Waals surface area (Å²) in [5.74, 6) is 2.45. The molecule has 2 unspecified atom stereocenters. The van der Waals surface area contributed by atoms with Gasteiger partial charge in [-0.25, -0.2) is 0 Å². The second-order valence-electron chi connectivity index (χ2n) is 7.17. The molecule has 1 saturated heterocycles. The molecule has 0 saturated carbocycles. The van der Waals surface area contributed by atoms with E-state index >= 15 is 0 Å². The van der Waals surface area contributed by atoms with Crippen LogP contribution in [0.4, 0.5) is 0 Å². The molecule has 24 heavy (non-hydrogen) atoms. The molecular weight excluding hydrogens is 300 g/mol. The molecule has 2 heterocycles. The van der Waals surface area contributed by atoms with E-state index in [4.69, 9.17) is 4.52 Å². The molecule has 5 heteroatoms. The van der Waals surface area contributed by atoms with Crippen molar-refractivity contribution in [2.75, 3.05) is 26.7 Å². The van der Waals surface area contributed by atoms with Gasteiger partial charge in [0.2, 0.25) is 5.89 Å². The molecule has 0 radical (unpaired) electrons. The number of piperazine rings is 1. The Morgan fingerprint density at radius 1 is 1.21 bits per heavy atom. The molecule has 1 aliphatic rings. The Morgan fingerprint density at radius 3 is 2.58 bits per heavy atom. The molecule has 0 aliphatic carbocycles. The number of aromatic nitrogens is 2. The molecule has 1 aromatic carbocycles. The number of hydrogen-bond donors (Lipinski definition) is 1. The Morgan fingerprint density at radius 2 is 1.92 bits per heavy atom. The lowest BCUT2D eigenvalue weighted by Gasteiger charge is -2.30. The zero-order chi connectivity index (χ0) is 17.1. The van der Waals surface area contributed by atoms with Gasteiger partial charge in [0.15, 0.2) is 5.82 Å². The fraction of sp³-hybridized carbons (Fsp3) is 0.579. The molecule has 5 nitrogen and oxygen atoms in total. The van der Waals surface area contributed by atoms with Crippen LogP contribution < -0.4 is 5.32 Å². The second kappa shape index (κ2) is 7.45. The molecule has 1 aromatic heterocycles. The highest BCUT2D eigenvalue weighted by atomic mass is 16.5. The van der Waals surface area contributed by atoms with E-state index in [9.17, 15) is 0 Å². The molecule has 0 spiro atoms. The lowest BCUT2D eigenvalue weighted by molar-refractivity contribution is 0.190. The van der Waals surface area contributed by atoms with Crippen LogP contribution in [0.2, 0.25) is 0 Å². The Kier molecular flexibility index (Phi) is 5.31. The van der Waals surface area contributed by atoms with Gasteiger partial charge in [0.1, 0.15) is 0 Å². The Hall–Kier alpha value is -1.72. The third kappa shape index (κ3) is 3.84. The molecule has 1 N–H and O–H groups in total. The minimum atomic E-state index is 0.205. The Labute approximate surface area is 144 Å². The Bertz CT molecular complexity index is 650. The average Bonchev–Trinajstić information content (AvgIpc) is 3.03. The summed E-state index contributed by atoms with van der Waals surface area (Å²) in [6.07, 6.45) is 0.776. The van der Waals surface area contributed by atoms with Gasteiger partial charge >= 0.3 is 0 Å². The minimum Gasteiger partial charge on any atom is -0.339 e. The zero-order valence-corrected chi connectivity index (χ0v) is 15.1.